The highest BCUT2D eigenvalue weighted by Gasteiger charge is 2.18. The summed E-state index contributed by atoms with van der Waals surface area (Å²) in [4.78, 5) is 14.3. The first-order valence-electron chi connectivity index (χ1n) is 7.74. The number of benzene rings is 2. The minimum atomic E-state index is 0. The van der Waals surface area contributed by atoms with Gasteiger partial charge in [0.2, 0.25) is 5.91 Å². The second kappa shape index (κ2) is 8.45. The number of nitrogens with zero attached hydrogens (tertiary/aromatic N) is 1. The van der Waals surface area contributed by atoms with E-state index in [1.807, 2.05) is 48.5 Å². The first kappa shape index (κ1) is 17.9. The second-order valence-corrected chi connectivity index (χ2v) is 5.49. The summed E-state index contributed by atoms with van der Waals surface area (Å²) in [7, 11) is 1.64. The van der Waals surface area contributed by atoms with E-state index in [-0.39, 0.29) is 18.3 Å². The average molecular weight is 348 g/mol. The molecule has 0 aromatic heterocycles. The van der Waals surface area contributed by atoms with Gasteiger partial charge >= 0.3 is 0 Å². The molecule has 24 heavy (non-hydrogen) atoms. The van der Waals surface area contributed by atoms with Crippen molar-refractivity contribution in [1.29, 1.82) is 0 Å². The number of para-hydroxylation sites is 2. The molecule has 5 nitrogen and oxygen atoms in total. The summed E-state index contributed by atoms with van der Waals surface area (Å²) in [6.45, 7) is 2.54. The van der Waals surface area contributed by atoms with E-state index in [9.17, 15) is 4.79 Å². The van der Waals surface area contributed by atoms with E-state index in [2.05, 4.69) is 15.5 Å². The molecule has 0 bridgehead atoms. The molecule has 1 aliphatic rings. The highest BCUT2D eigenvalue weighted by molar-refractivity contribution is 5.85. The van der Waals surface area contributed by atoms with Gasteiger partial charge in [0.1, 0.15) is 5.75 Å². The van der Waals surface area contributed by atoms with Gasteiger partial charge in [-0.3, -0.25) is 4.79 Å². The maximum atomic E-state index is 12.2. The van der Waals surface area contributed by atoms with Crippen molar-refractivity contribution in [2.45, 2.75) is 6.54 Å². The molecule has 0 unspecified atom stereocenters. The standard InChI is InChI=1S/C18H21N3O2.ClH/c1-23-15-6-4-5-14(11-15)12-20-18(22)13-21-10-9-19-16-7-2-3-8-17(16)21;/h2-8,11,19H,9-10,12-13H2,1H3,(H,20,22);1H. The molecule has 0 fully saturated rings. The number of nitrogens with one attached hydrogen (secondary N) is 2. The zero-order chi connectivity index (χ0) is 16.1. The number of ether oxygens (including phenoxy) is 1. The number of amides is 1. The maximum absolute atomic E-state index is 12.2. The van der Waals surface area contributed by atoms with Gasteiger partial charge in [0.25, 0.3) is 0 Å². The van der Waals surface area contributed by atoms with Crippen LogP contribution in [0, 0.1) is 0 Å². The lowest BCUT2D eigenvalue weighted by molar-refractivity contribution is -0.119. The van der Waals surface area contributed by atoms with Gasteiger partial charge in [0.15, 0.2) is 0 Å². The van der Waals surface area contributed by atoms with Crippen LogP contribution in [0.25, 0.3) is 0 Å². The fourth-order valence-electron chi connectivity index (χ4n) is 2.72. The Bertz CT molecular complexity index is 693. The number of hydrogen-bond acceptors (Lipinski definition) is 4. The molecule has 0 saturated carbocycles. The number of anilines is 2. The van der Waals surface area contributed by atoms with Crippen molar-refractivity contribution in [3.63, 3.8) is 0 Å². The van der Waals surface area contributed by atoms with E-state index in [1.165, 1.54) is 0 Å². The average Bonchev–Trinajstić information content (AvgIpc) is 2.60. The monoisotopic (exact) mass is 347 g/mol. The third kappa shape index (κ3) is 4.32. The fourth-order valence-corrected chi connectivity index (χ4v) is 2.72. The second-order valence-electron chi connectivity index (χ2n) is 5.49. The van der Waals surface area contributed by atoms with Crippen molar-refractivity contribution >= 4 is 29.7 Å². The Morgan fingerprint density at radius 3 is 2.92 bits per heavy atom. The molecule has 2 N–H and O–H groups in total. The van der Waals surface area contributed by atoms with Crippen LogP contribution in [0.5, 0.6) is 5.75 Å². The Morgan fingerprint density at radius 2 is 2.08 bits per heavy atom. The first-order valence-corrected chi connectivity index (χ1v) is 7.74. The molecule has 3 rings (SSSR count). The number of carbonyl (C=O) groups is 1. The molecular formula is C18H22ClN3O2. The van der Waals surface area contributed by atoms with Crippen molar-refractivity contribution in [1.82, 2.24) is 5.32 Å². The third-order valence-corrected chi connectivity index (χ3v) is 3.90. The van der Waals surface area contributed by atoms with Gasteiger partial charge in [-0.2, -0.15) is 0 Å². The largest absolute Gasteiger partial charge is 0.497 e. The van der Waals surface area contributed by atoms with Crippen LogP contribution in [0.3, 0.4) is 0 Å². The van der Waals surface area contributed by atoms with Crippen molar-refractivity contribution in [3.05, 3.63) is 54.1 Å². The maximum Gasteiger partial charge on any atom is 0.239 e. The molecule has 0 aliphatic carbocycles. The lowest BCUT2D eigenvalue weighted by atomic mass is 10.2. The van der Waals surface area contributed by atoms with E-state index in [4.69, 9.17) is 4.74 Å². The summed E-state index contributed by atoms with van der Waals surface area (Å²) >= 11 is 0. The van der Waals surface area contributed by atoms with E-state index < -0.39 is 0 Å². The minimum Gasteiger partial charge on any atom is -0.497 e. The van der Waals surface area contributed by atoms with Gasteiger partial charge in [-0.25, -0.2) is 0 Å². The lowest BCUT2D eigenvalue weighted by Crippen LogP contribution is -2.41. The molecule has 1 heterocycles. The van der Waals surface area contributed by atoms with Gasteiger partial charge in [-0.15, -0.1) is 12.4 Å². The molecule has 6 heteroatoms. The van der Waals surface area contributed by atoms with Crippen LogP contribution in [0.4, 0.5) is 11.4 Å². The number of fused-ring (bicyclic) bond motifs is 1. The number of methoxy groups -OCH3 is 1. The van der Waals surface area contributed by atoms with Crippen LogP contribution < -0.4 is 20.3 Å². The van der Waals surface area contributed by atoms with Crippen molar-refractivity contribution < 1.29 is 9.53 Å². The molecule has 128 valence electrons. The van der Waals surface area contributed by atoms with Crippen LogP contribution in [-0.4, -0.2) is 32.7 Å². The van der Waals surface area contributed by atoms with Gasteiger partial charge in [-0.05, 0) is 29.8 Å². The molecule has 2 aromatic carbocycles. The van der Waals surface area contributed by atoms with E-state index >= 15 is 0 Å². The predicted octanol–water partition coefficient (Wildman–Crippen LogP) is 2.67. The van der Waals surface area contributed by atoms with Crippen molar-refractivity contribution in [2.24, 2.45) is 0 Å². The van der Waals surface area contributed by atoms with E-state index in [1.54, 1.807) is 7.11 Å². The summed E-state index contributed by atoms with van der Waals surface area (Å²) in [5.74, 6) is 0.817. The summed E-state index contributed by atoms with van der Waals surface area (Å²) < 4.78 is 5.19. The quantitative estimate of drug-likeness (QED) is 0.873. The Morgan fingerprint density at radius 1 is 1.25 bits per heavy atom. The van der Waals surface area contributed by atoms with Crippen molar-refractivity contribution in [2.75, 3.05) is 37.0 Å². The first-order chi connectivity index (χ1) is 11.3. The van der Waals surface area contributed by atoms with Crippen LogP contribution in [0.15, 0.2) is 48.5 Å². The molecule has 2 aromatic rings. The fraction of sp³-hybridized carbons (Fsp3) is 0.278. The molecule has 1 amide bonds. The Hall–Kier alpha value is -2.40. The van der Waals surface area contributed by atoms with E-state index in [0.29, 0.717) is 13.1 Å². The molecule has 0 atom stereocenters. The Labute approximate surface area is 148 Å². The normalized spacial score (nSPS) is 12.5. The summed E-state index contributed by atoms with van der Waals surface area (Å²) in [6, 6.07) is 15.8. The van der Waals surface area contributed by atoms with Crippen molar-refractivity contribution in [3.8, 4) is 5.75 Å². The van der Waals surface area contributed by atoms with Gasteiger partial charge < -0.3 is 20.3 Å². The number of hydrogen-bond donors (Lipinski definition) is 2. The van der Waals surface area contributed by atoms with Gasteiger partial charge in [0, 0.05) is 19.6 Å². The minimum absolute atomic E-state index is 0. The predicted molar refractivity (Wildman–Crippen MR) is 99.2 cm³/mol. The Kier molecular flexibility index (Phi) is 6.32. The lowest BCUT2D eigenvalue weighted by Gasteiger charge is -2.31. The summed E-state index contributed by atoms with van der Waals surface area (Å²) in [5, 5.41) is 6.32. The van der Waals surface area contributed by atoms with Gasteiger partial charge in [-0.1, -0.05) is 24.3 Å². The zero-order valence-electron chi connectivity index (χ0n) is 13.6. The van der Waals surface area contributed by atoms with Crippen LogP contribution >= 0.6 is 12.4 Å². The highest BCUT2D eigenvalue weighted by atomic mass is 35.5. The topological polar surface area (TPSA) is 53.6 Å². The van der Waals surface area contributed by atoms with Crippen LogP contribution in [0.2, 0.25) is 0 Å². The molecular weight excluding hydrogens is 326 g/mol. The third-order valence-electron chi connectivity index (χ3n) is 3.90. The highest BCUT2D eigenvalue weighted by Crippen LogP contribution is 2.27. The molecule has 0 spiro atoms. The van der Waals surface area contributed by atoms with E-state index in [0.717, 1.165) is 35.8 Å². The molecule has 1 aliphatic heterocycles. The SMILES string of the molecule is COc1cccc(CNC(=O)CN2CCNc3ccccc32)c1.Cl. The number of halogens is 1. The number of carbonyl (C=O) groups excluding carboxylic acids is 1. The Balaban J connectivity index is 0.00000208. The summed E-state index contributed by atoms with van der Waals surface area (Å²) in [6.07, 6.45) is 0. The zero-order valence-corrected chi connectivity index (χ0v) is 14.4. The van der Waals surface area contributed by atoms with Gasteiger partial charge in [0.05, 0.1) is 25.0 Å². The van der Waals surface area contributed by atoms with Crippen LogP contribution in [0.1, 0.15) is 5.56 Å². The number of rotatable bonds is 5. The smallest absolute Gasteiger partial charge is 0.239 e. The molecule has 0 saturated heterocycles. The summed E-state index contributed by atoms with van der Waals surface area (Å²) in [5.41, 5.74) is 3.19. The van der Waals surface area contributed by atoms with Crippen LogP contribution in [-0.2, 0) is 11.3 Å². The molecule has 0 radical (unpaired) electrons.